The van der Waals surface area contributed by atoms with Crippen LogP contribution in [0.5, 0.6) is 0 Å². The van der Waals surface area contributed by atoms with Crippen LogP contribution in [0.3, 0.4) is 0 Å². The van der Waals surface area contributed by atoms with E-state index in [0.717, 1.165) is 0 Å². The van der Waals surface area contributed by atoms with Gasteiger partial charge in [0.05, 0.1) is 18.7 Å². The molecule has 0 spiro atoms. The van der Waals surface area contributed by atoms with Gasteiger partial charge in [-0.25, -0.2) is 8.78 Å². The first-order valence-corrected chi connectivity index (χ1v) is 6.61. The lowest BCUT2D eigenvalue weighted by Crippen LogP contribution is -2.10. The molecule has 0 amide bonds. The fraction of sp³-hybridized carbons (Fsp3) is 0.400. The second-order valence-corrected chi connectivity index (χ2v) is 5.02. The van der Waals surface area contributed by atoms with Crippen molar-refractivity contribution in [3.63, 3.8) is 0 Å². The van der Waals surface area contributed by atoms with Crippen molar-refractivity contribution in [2.24, 2.45) is 0 Å². The van der Waals surface area contributed by atoms with E-state index in [-0.39, 0.29) is 28.8 Å². The Bertz CT molecular complexity index is 429. The van der Waals surface area contributed by atoms with E-state index in [1.807, 2.05) is 0 Å². The molecule has 94 valence electrons. The van der Waals surface area contributed by atoms with Crippen molar-refractivity contribution in [1.82, 2.24) is 4.98 Å². The summed E-state index contributed by atoms with van der Waals surface area (Å²) < 4.78 is 30.8. The van der Waals surface area contributed by atoms with Crippen molar-refractivity contribution in [2.45, 2.75) is 19.8 Å². The van der Waals surface area contributed by atoms with E-state index in [4.69, 9.17) is 4.74 Å². The van der Waals surface area contributed by atoms with E-state index in [1.165, 1.54) is 6.20 Å². The highest BCUT2D eigenvalue weighted by atomic mass is 127. The number of carbonyl (C=O) groups is 1. The molecule has 0 aliphatic rings. The zero-order chi connectivity index (χ0) is 13.0. The van der Waals surface area contributed by atoms with Crippen LogP contribution >= 0.6 is 38.5 Å². The quantitative estimate of drug-likeness (QED) is 0.554. The highest BCUT2D eigenvalue weighted by Gasteiger charge is 2.20. The minimum Gasteiger partial charge on any atom is -0.466 e. The van der Waals surface area contributed by atoms with Crippen LogP contribution in [0, 0.1) is 3.57 Å². The van der Waals surface area contributed by atoms with Gasteiger partial charge in [0, 0.05) is 19.8 Å². The van der Waals surface area contributed by atoms with E-state index in [0.29, 0.717) is 3.57 Å². The number of hydrogen-bond acceptors (Lipinski definition) is 3. The molecule has 7 heteroatoms. The van der Waals surface area contributed by atoms with Crippen LogP contribution in [0.1, 0.15) is 24.6 Å². The van der Waals surface area contributed by atoms with Crippen LogP contribution < -0.4 is 0 Å². The van der Waals surface area contributed by atoms with Crippen molar-refractivity contribution in [2.75, 3.05) is 6.61 Å². The van der Waals surface area contributed by atoms with Gasteiger partial charge in [0.25, 0.3) is 6.43 Å². The molecule has 0 aromatic carbocycles. The van der Waals surface area contributed by atoms with Crippen LogP contribution in [-0.2, 0) is 16.0 Å². The predicted octanol–water partition coefficient (Wildman–Crippen LogP) is 3.49. The number of ether oxygens (including phenoxy) is 1. The smallest absolute Gasteiger partial charge is 0.311 e. The fourth-order valence-electron chi connectivity index (χ4n) is 1.19. The van der Waals surface area contributed by atoms with Gasteiger partial charge < -0.3 is 4.74 Å². The van der Waals surface area contributed by atoms with E-state index in [9.17, 15) is 13.6 Å². The number of nitrogens with zero attached hydrogens (tertiary/aromatic N) is 1. The number of hydrogen-bond donors (Lipinski definition) is 0. The van der Waals surface area contributed by atoms with Crippen LogP contribution in [0.15, 0.2) is 10.7 Å². The van der Waals surface area contributed by atoms with E-state index >= 15 is 0 Å². The first kappa shape index (κ1) is 14.7. The molecule has 0 bridgehead atoms. The third kappa shape index (κ3) is 3.84. The molecule has 1 aromatic rings. The van der Waals surface area contributed by atoms with Crippen molar-refractivity contribution >= 4 is 44.5 Å². The Labute approximate surface area is 119 Å². The number of carbonyl (C=O) groups excluding carboxylic acids is 1. The van der Waals surface area contributed by atoms with Crippen LogP contribution in [0.2, 0.25) is 0 Å². The van der Waals surface area contributed by atoms with Crippen molar-refractivity contribution in [1.29, 1.82) is 0 Å². The first-order chi connectivity index (χ1) is 7.97. The predicted molar refractivity (Wildman–Crippen MR) is 69.9 cm³/mol. The molecule has 0 unspecified atom stereocenters. The fourth-order valence-corrected chi connectivity index (χ4v) is 2.84. The third-order valence-corrected chi connectivity index (χ3v) is 3.66. The minimum atomic E-state index is -2.61. The van der Waals surface area contributed by atoms with Gasteiger partial charge in [0.15, 0.2) is 0 Å². The van der Waals surface area contributed by atoms with Crippen LogP contribution in [-0.4, -0.2) is 17.6 Å². The molecule has 0 radical (unpaired) electrons. The highest BCUT2D eigenvalue weighted by Crippen LogP contribution is 2.33. The minimum absolute atomic E-state index is 0.120. The standard InChI is InChI=1S/C10H9BrF2INO2/c1-2-17-7(16)3-6-9(11)8(10(12)13)5(14)4-15-6/h4,10H,2-3H2,1H3. The van der Waals surface area contributed by atoms with Crippen molar-refractivity contribution in [3.8, 4) is 0 Å². The molecule has 0 atom stereocenters. The number of rotatable bonds is 4. The molecule has 0 aliphatic heterocycles. The monoisotopic (exact) mass is 419 g/mol. The van der Waals surface area contributed by atoms with E-state index < -0.39 is 12.4 Å². The maximum Gasteiger partial charge on any atom is 0.311 e. The molecule has 17 heavy (non-hydrogen) atoms. The average molecular weight is 420 g/mol. The van der Waals surface area contributed by atoms with Gasteiger partial charge in [-0.15, -0.1) is 0 Å². The SMILES string of the molecule is CCOC(=O)Cc1ncc(I)c(C(F)F)c1Br. The molecule has 0 N–H and O–H groups in total. The van der Waals surface area contributed by atoms with E-state index in [2.05, 4.69) is 20.9 Å². The average Bonchev–Trinajstić information content (AvgIpc) is 2.22. The van der Waals surface area contributed by atoms with Gasteiger partial charge in [-0.05, 0) is 45.4 Å². The Morgan fingerprint density at radius 1 is 1.65 bits per heavy atom. The lowest BCUT2D eigenvalue weighted by atomic mass is 10.2. The molecule has 1 heterocycles. The summed E-state index contributed by atoms with van der Waals surface area (Å²) in [5.41, 5.74) is 0.124. The van der Waals surface area contributed by atoms with Gasteiger partial charge in [-0.1, -0.05) is 0 Å². The summed E-state index contributed by atoms with van der Waals surface area (Å²) in [7, 11) is 0. The first-order valence-electron chi connectivity index (χ1n) is 4.73. The molecule has 1 rings (SSSR count). The van der Waals surface area contributed by atoms with Gasteiger partial charge in [-0.2, -0.15) is 0 Å². The maximum atomic E-state index is 12.8. The summed E-state index contributed by atoms with van der Waals surface area (Å²) in [5.74, 6) is -0.484. The normalized spacial score (nSPS) is 10.7. The third-order valence-electron chi connectivity index (χ3n) is 1.92. The molecule has 0 saturated carbocycles. The summed E-state index contributed by atoms with van der Waals surface area (Å²) in [4.78, 5) is 15.2. The number of alkyl halides is 2. The second-order valence-electron chi connectivity index (χ2n) is 3.06. The molecule has 1 aromatic heterocycles. The van der Waals surface area contributed by atoms with Gasteiger partial charge in [-0.3, -0.25) is 9.78 Å². The Balaban J connectivity index is 3.02. The zero-order valence-electron chi connectivity index (χ0n) is 8.84. The summed E-state index contributed by atoms with van der Waals surface area (Å²) in [6.45, 7) is 1.93. The van der Waals surface area contributed by atoms with Crippen LogP contribution in [0.25, 0.3) is 0 Å². The summed E-state index contributed by atoms with van der Waals surface area (Å²) in [6.07, 6.45) is -1.41. The molecular formula is C10H9BrF2INO2. The Morgan fingerprint density at radius 2 is 2.29 bits per heavy atom. The zero-order valence-corrected chi connectivity index (χ0v) is 12.6. The number of aromatic nitrogens is 1. The van der Waals surface area contributed by atoms with Crippen molar-refractivity contribution < 1.29 is 18.3 Å². The van der Waals surface area contributed by atoms with Gasteiger partial charge >= 0.3 is 5.97 Å². The topological polar surface area (TPSA) is 39.2 Å². The summed E-state index contributed by atoms with van der Waals surface area (Å²) in [5, 5.41) is 0. The Morgan fingerprint density at radius 3 is 2.82 bits per heavy atom. The second kappa shape index (κ2) is 6.58. The number of esters is 1. The van der Waals surface area contributed by atoms with Gasteiger partial charge in [0.1, 0.15) is 0 Å². The van der Waals surface area contributed by atoms with E-state index in [1.54, 1.807) is 29.5 Å². The lowest BCUT2D eigenvalue weighted by Gasteiger charge is -2.10. The van der Waals surface area contributed by atoms with Gasteiger partial charge in [0.2, 0.25) is 0 Å². The molecule has 3 nitrogen and oxygen atoms in total. The summed E-state index contributed by atoms with van der Waals surface area (Å²) in [6, 6.07) is 0. The van der Waals surface area contributed by atoms with Crippen LogP contribution in [0.4, 0.5) is 8.78 Å². The number of halogens is 4. The number of pyridine rings is 1. The highest BCUT2D eigenvalue weighted by molar-refractivity contribution is 14.1. The molecule has 0 fully saturated rings. The molecular weight excluding hydrogens is 411 g/mol. The Kier molecular flexibility index (Phi) is 5.71. The lowest BCUT2D eigenvalue weighted by molar-refractivity contribution is -0.142. The molecule has 0 saturated heterocycles. The molecule has 0 aliphatic carbocycles. The largest absolute Gasteiger partial charge is 0.466 e. The maximum absolute atomic E-state index is 12.8. The summed E-state index contributed by atoms with van der Waals surface area (Å²) >= 11 is 4.84. The Hall–Kier alpha value is -0.310. The van der Waals surface area contributed by atoms with Crippen molar-refractivity contribution in [3.05, 3.63) is 25.5 Å².